The summed E-state index contributed by atoms with van der Waals surface area (Å²) in [4.78, 5) is 2.39. The van der Waals surface area contributed by atoms with E-state index >= 15 is 0 Å². The summed E-state index contributed by atoms with van der Waals surface area (Å²) in [7, 11) is 0. The lowest BCUT2D eigenvalue weighted by Crippen LogP contribution is -2.32. The van der Waals surface area contributed by atoms with Crippen molar-refractivity contribution in [3.05, 3.63) is 221 Å². The monoisotopic (exact) mass is 691 g/mol. The number of rotatable bonds is 4. The van der Waals surface area contributed by atoms with Crippen LogP contribution in [0.3, 0.4) is 0 Å². The third-order valence-electron chi connectivity index (χ3n) is 12.1. The maximum atomic E-state index is 6.60. The van der Waals surface area contributed by atoms with Gasteiger partial charge in [-0.25, -0.2) is 0 Å². The van der Waals surface area contributed by atoms with E-state index in [9.17, 15) is 0 Å². The van der Waals surface area contributed by atoms with Gasteiger partial charge in [0.25, 0.3) is 0 Å². The van der Waals surface area contributed by atoms with Gasteiger partial charge in [-0.2, -0.15) is 0 Å². The maximum absolute atomic E-state index is 6.60. The third kappa shape index (κ3) is 4.22. The summed E-state index contributed by atoms with van der Waals surface area (Å²) >= 11 is 0. The molecule has 0 N–H and O–H groups in total. The number of fused-ring (bicyclic) bond motifs is 12. The summed E-state index contributed by atoms with van der Waals surface area (Å²) in [5.41, 5.74) is 18.1. The van der Waals surface area contributed by atoms with Gasteiger partial charge in [0.1, 0.15) is 11.5 Å². The van der Waals surface area contributed by atoms with Gasteiger partial charge in [0.15, 0.2) is 0 Å². The summed E-state index contributed by atoms with van der Waals surface area (Å²) < 4.78 is 6.60. The first-order valence-electron chi connectivity index (χ1n) is 18.8. The normalized spacial score (nSPS) is 14.6. The summed E-state index contributed by atoms with van der Waals surface area (Å²) in [5.74, 6) is 1.80. The number of anilines is 3. The molecule has 0 fully saturated rings. The van der Waals surface area contributed by atoms with E-state index in [-0.39, 0.29) is 5.41 Å². The minimum absolute atomic E-state index is 0.00485. The molecule has 0 aromatic heterocycles. The lowest BCUT2D eigenvalue weighted by molar-refractivity contribution is 0.436. The van der Waals surface area contributed by atoms with E-state index in [1.165, 1.54) is 66.8 Å². The molecule has 2 nitrogen and oxygen atoms in total. The lowest BCUT2D eigenvalue weighted by Gasteiger charge is -2.39. The number of hydrogen-bond acceptors (Lipinski definition) is 2. The van der Waals surface area contributed by atoms with Crippen molar-refractivity contribution < 1.29 is 4.74 Å². The molecule has 1 spiro atoms. The average molecular weight is 692 g/mol. The fourth-order valence-corrected chi connectivity index (χ4v) is 9.71. The van der Waals surface area contributed by atoms with Gasteiger partial charge in [0.05, 0.1) is 5.41 Å². The molecule has 256 valence electrons. The standard InChI is InChI=1S/C52H37NO/c1-51(2)43-18-8-6-17-40(43)42-32-35(26-31-44(42)51)34-24-27-37(28-25-34)53(36-14-4-3-5-15-36)38-29-30-41-39-16-7-9-19-45(39)52(48(41)33-38)46-20-10-12-22-49(46)54-50-23-13-11-21-47(50)52/h3-33H,1-2H3. The molecule has 54 heavy (non-hydrogen) atoms. The SMILES string of the molecule is CC1(C)c2ccccc2-c2cc(-c3ccc(N(c4ccccc4)c4ccc5c(c4)C4(c6ccccc6Oc6ccccc64)c4ccccc4-5)cc3)ccc21. The van der Waals surface area contributed by atoms with Gasteiger partial charge < -0.3 is 9.64 Å². The van der Waals surface area contributed by atoms with Crippen LogP contribution in [0.5, 0.6) is 11.5 Å². The highest BCUT2D eigenvalue weighted by Crippen LogP contribution is 2.62. The Kier molecular flexibility index (Phi) is 6.55. The number of para-hydroxylation sites is 3. The Hall–Kier alpha value is -6.64. The molecule has 0 atom stereocenters. The molecule has 8 aromatic rings. The fraction of sp³-hybridized carbons (Fsp3) is 0.0769. The number of hydrogen-bond donors (Lipinski definition) is 0. The van der Waals surface area contributed by atoms with Crippen LogP contribution in [0, 0.1) is 0 Å². The van der Waals surface area contributed by atoms with E-state index < -0.39 is 5.41 Å². The van der Waals surface area contributed by atoms with E-state index in [4.69, 9.17) is 4.74 Å². The third-order valence-corrected chi connectivity index (χ3v) is 12.1. The van der Waals surface area contributed by atoms with E-state index in [1.807, 2.05) is 0 Å². The van der Waals surface area contributed by atoms with Crippen LogP contribution in [0.4, 0.5) is 17.1 Å². The molecular formula is C52H37NO. The molecule has 0 amide bonds. The summed E-state index contributed by atoms with van der Waals surface area (Å²) in [6.45, 7) is 4.67. The Balaban J connectivity index is 1.07. The summed E-state index contributed by atoms with van der Waals surface area (Å²) in [5, 5.41) is 0. The van der Waals surface area contributed by atoms with Crippen LogP contribution in [-0.2, 0) is 10.8 Å². The summed E-state index contributed by atoms with van der Waals surface area (Å²) in [6, 6.07) is 68.7. The van der Waals surface area contributed by atoms with Crippen LogP contribution in [0.15, 0.2) is 188 Å². The highest BCUT2D eigenvalue weighted by molar-refractivity contribution is 5.91. The van der Waals surface area contributed by atoms with Crippen molar-refractivity contribution in [1.82, 2.24) is 0 Å². The van der Waals surface area contributed by atoms with E-state index in [2.05, 4.69) is 207 Å². The molecule has 0 bridgehead atoms. The Morgan fingerprint density at radius 2 is 0.852 bits per heavy atom. The lowest BCUT2D eigenvalue weighted by atomic mass is 9.66. The minimum Gasteiger partial charge on any atom is -0.457 e. The van der Waals surface area contributed by atoms with Crippen LogP contribution in [-0.4, -0.2) is 0 Å². The molecule has 0 unspecified atom stereocenters. The summed E-state index contributed by atoms with van der Waals surface area (Å²) in [6.07, 6.45) is 0. The molecule has 0 saturated heterocycles. The molecule has 11 rings (SSSR count). The van der Waals surface area contributed by atoms with Crippen molar-refractivity contribution in [3.63, 3.8) is 0 Å². The second-order valence-corrected chi connectivity index (χ2v) is 15.3. The van der Waals surface area contributed by atoms with Crippen molar-refractivity contribution in [3.8, 4) is 44.9 Å². The zero-order valence-electron chi connectivity index (χ0n) is 30.3. The molecule has 2 heteroatoms. The molecule has 2 aliphatic carbocycles. The predicted octanol–water partition coefficient (Wildman–Crippen LogP) is 13.6. The van der Waals surface area contributed by atoms with Crippen LogP contribution in [0.2, 0.25) is 0 Å². The van der Waals surface area contributed by atoms with Crippen molar-refractivity contribution in [2.24, 2.45) is 0 Å². The largest absolute Gasteiger partial charge is 0.457 e. The van der Waals surface area contributed by atoms with Crippen LogP contribution >= 0.6 is 0 Å². The molecule has 3 aliphatic rings. The molecule has 0 radical (unpaired) electrons. The molecule has 0 saturated carbocycles. The van der Waals surface area contributed by atoms with E-state index in [1.54, 1.807) is 0 Å². The molecule has 1 heterocycles. The van der Waals surface area contributed by atoms with Gasteiger partial charge >= 0.3 is 0 Å². The minimum atomic E-state index is -0.527. The van der Waals surface area contributed by atoms with Crippen molar-refractivity contribution in [2.75, 3.05) is 4.90 Å². The highest BCUT2D eigenvalue weighted by atomic mass is 16.5. The first-order chi connectivity index (χ1) is 26.5. The molecule has 1 aliphatic heterocycles. The number of benzene rings is 8. The van der Waals surface area contributed by atoms with E-state index in [0.717, 1.165) is 28.6 Å². The van der Waals surface area contributed by atoms with Crippen molar-refractivity contribution >= 4 is 17.1 Å². The number of nitrogens with zero attached hydrogens (tertiary/aromatic N) is 1. The zero-order chi connectivity index (χ0) is 36.0. The van der Waals surface area contributed by atoms with E-state index in [0.29, 0.717) is 0 Å². The maximum Gasteiger partial charge on any atom is 0.132 e. The van der Waals surface area contributed by atoms with Crippen LogP contribution < -0.4 is 9.64 Å². The van der Waals surface area contributed by atoms with Gasteiger partial charge in [-0.15, -0.1) is 0 Å². The topological polar surface area (TPSA) is 12.5 Å². The van der Waals surface area contributed by atoms with Crippen LogP contribution in [0.1, 0.15) is 47.2 Å². The predicted molar refractivity (Wildman–Crippen MR) is 222 cm³/mol. The Morgan fingerprint density at radius 1 is 0.352 bits per heavy atom. The van der Waals surface area contributed by atoms with Crippen molar-refractivity contribution in [1.29, 1.82) is 0 Å². The zero-order valence-corrected chi connectivity index (χ0v) is 30.3. The second kappa shape index (κ2) is 11.4. The van der Waals surface area contributed by atoms with Gasteiger partial charge in [0.2, 0.25) is 0 Å². The Morgan fingerprint density at radius 3 is 1.56 bits per heavy atom. The Labute approximate surface area is 316 Å². The van der Waals surface area contributed by atoms with Gasteiger partial charge in [0, 0.05) is 33.6 Å². The van der Waals surface area contributed by atoms with Gasteiger partial charge in [-0.1, -0.05) is 147 Å². The highest BCUT2D eigenvalue weighted by Gasteiger charge is 2.51. The van der Waals surface area contributed by atoms with Gasteiger partial charge in [-0.05, 0) is 110 Å². The number of ether oxygens (including phenoxy) is 1. The Bertz CT molecular complexity index is 2730. The first kappa shape index (κ1) is 30.9. The fourth-order valence-electron chi connectivity index (χ4n) is 9.71. The molecule has 8 aromatic carbocycles. The average Bonchev–Trinajstić information content (AvgIpc) is 3.64. The van der Waals surface area contributed by atoms with Crippen molar-refractivity contribution in [2.45, 2.75) is 24.7 Å². The smallest absolute Gasteiger partial charge is 0.132 e. The van der Waals surface area contributed by atoms with Gasteiger partial charge in [-0.3, -0.25) is 0 Å². The second-order valence-electron chi connectivity index (χ2n) is 15.3. The van der Waals surface area contributed by atoms with Crippen LogP contribution in [0.25, 0.3) is 33.4 Å². The quantitative estimate of drug-likeness (QED) is 0.182. The first-order valence-corrected chi connectivity index (χ1v) is 18.8. The molecular weight excluding hydrogens is 655 g/mol.